The zero-order chi connectivity index (χ0) is 22.8. The van der Waals surface area contributed by atoms with Crippen LogP contribution in [0.2, 0.25) is 0 Å². The van der Waals surface area contributed by atoms with Crippen LogP contribution >= 0.6 is 0 Å². The summed E-state index contributed by atoms with van der Waals surface area (Å²) in [6.07, 6.45) is 0.863. The average molecular weight is 434 g/mol. The van der Waals surface area contributed by atoms with E-state index >= 15 is 0 Å². The number of aryl methyl sites for hydroxylation is 1. The second kappa shape index (κ2) is 8.92. The van der Waals surface area contributed by atoms with E-state index in [4.69, 9.17) is 0 Å². The van der Waals surface area contributed by atoms with Crippen molar-refractivity contribution < 1.29 is 14.5 Å². The van der Waals surface area contributed by atoms with E-state index in [1.54, 1.807) is 24.3 Å². The summed E-state index contributed by atoms with van der Waals surface area (Å²) in [5, 5.41) is 11.1. The van der Waals surface area contributed by atoms with Crippen molar-refractivity contribution in [3.8, 4) is 0 Å². The van der Waals surface area contributed by atoms with Crippen molar-refractivity contribution in [3.05, 3.63) is 75.5 Å². The van der Waals surface area contributed by atoms with Crippen LogP contribution in [0.4, 0.5) is 11.4 Å². The van der Waals surface area contributed by atoms with Gasteiger partial charge in [-0.1, -0.05) is 26.0 Å². The lowest BCUT2D eigenvalue weighted by atomic mass is 10.0. The van der Waals surface area contributed by atoms with Gasteiger partial charge in [0, 0.05) is 38.3 Å². The maximum absolute atomic E-state index is 13.6. The monoisotopic (exact) mass is 434 g/mol. The van der Waals surface area contributed by atoms with Crippen LogP contribution in [0.1, 0.15) is 25.0 Å². The van der Waals surface area contributed by atoms with Crippen molar-refractivity contribution in [3.63, 3.8) is 0 Å². The molecule has 0 atom stereocenters. The van der Waals surface area contributed by atoms with Crippen LogP contribution in [0.25, 0.3) is 5.57 Å². The quantitative estimate of drug-likeness (QED) is 0.395. The van der Waals surface area contributed by atoms with Crippen molar-refractivity contribution in [2.75, 3.05) is 37.6 Å². The number of piperazine rings is 1. The fourth-order valence-corrected chi connectivity index (χ4v) is 4.22. The van der Waals surface area contributed by atoms with Crippen molar-refractivity contribution in [1.82, 2.24) is 9.80 Å². The van der Waals surface area contributed by atoms with Gasteiger partial charge in [-0.05, 0) is 48.4 Å². The molecule has 32 heavy (non-hydrogen) atoms. The third-order valence-corrected chi connectivity index (χ3v) is 6.16. The average Bonchev–Trinajstić information content (AvgIpc) is 3.09. The molecule has 0 radical (unpaired) electrons. The molecule has 2 aromatic carbocycles. The van der Waals surface area contributed by atoms with Crippen LogP contribution in [-0.2, 0) is 16.0 Å². The number of nitro groups is 1. The number of likely N-dealkylation sites (N-methyl/N-ethyl adjacent to an activating group) is 1. The highest BCUT2D eigenvalue weighted by Crippen LogP contribution is 2.35. The fraction of sp³-hybridized carbons (Fsp3) is 0.333. The summed E-state index contributed by atoms with van der Waals surface area (Å²) in [5.41, 5.74) is 2.77. The molecule has 2 amide bonds. The number of amides is 2. The second-order valence-electron chi connectivity index (χ2n) is 7.91. The molecular weight excluding hydrogens is 408 g/mol. The molecule has 8 nitrogen and oxygen atoms in total. The maximum atomic E-state index is 13.6. The Kier molecular flexibility index (Phi) is 6.05. The minimum absolute atomic E-state index is 0.0590. The molecule has 0 aliphatic carbocycles. The van der Waals surface area contributed by atoms with Gasteiger partial charge in [-0.15, -0.1) is 0 Å². The number of benzene rings is 2. The molecule has 0 spiro atoms. The summed E-state index contributed by atoms with van der Waals surface area (Å²) in [6.45, 7) is 7.97. The number of carbonyl (C=O) groups excluding carboxylic acids is 2. The van der Waals surface area contributed by atoms with Gasteiger partial charge in [-0.3, -0.25) is 19.7 Å². The van der Waals surface area contributed by atoms with Gasteiger partial charge in [0.1, 0.15) is 5.70 Å². The molecule has 0 saturated carbocycles. The van der Waals surface area contributed by atoms with Gasteiger partial charge in [0.05, 0.1) is 16.2 Å². The minimum Gasteiger partial charge on any atom is -0.364 e. The Morgan fingerprint density at radius 1 is 0.875 bits per heavy atom. The first-order valence-electron chi connectivity index (χ1n) is 10.9. The third kappa shape index (κ3) is 3.89. The van der Waals surface area contributed by atoms with Gasteiger partial charge >= 0.3 is 0 Å². The maximum Gasteiger partial charge on any atom is 0.282 e. The summed E-state index contributed by atoms with van der Waals surface area (Å²) in [6, 6.07) is 13.2. The summed E-state index contributed by atoms with van der Waals surface area (Å²) in [7, 11) is 0. The lowest BCUT2D eigenvalue weighted by molar-refractivity contribution is -0.384. The van der Waals surface area contributed by atoms with Crippen LogP contribution in [0, 0.1) is 10.1 Å². The highest BCUT2D eigenvalue weighted by atomic mass is 16.6. The number of anilines is 1. The smallest absolute Gasteiger partial charge is 0.282 e. The van der Waals surface area contributed by atoms with Gasteiger partial charge < -0.3 is 9.80 Å². The van der Waals surface area contributed by atoms with E-state index in [2.05, 4.69) is 11.8 Å². The molecule has 1 fully saturated rings. The Bertz CT molecular complexity index is 1070. The molecule has 2 aliphatic heterocycles. The normalized spacial score (nSPS) is 17.4. The van der Waals surface area contributed by atoms with Gasteiger partial charge in [0.2, 0.25) is 0 Å². The lowest BCUT2D eigenvalue weighted by Crippen LogP contribution is -2.47. The summed E-state index contributed by atoms with van der Waals surface area (Å²) in [4.78, 5) is 43.2. The Morgan fingerprint density at radius 2 is 1.50 bits per heavy atom. The Morgan fingerprint density at radius 3 is 2.03 bits per heavy atom. The van der Waals surface area contributed by atoms with Crippen LogP contribution < -0.4 is 4.90 Å². The molecule has 0 unspecified atom stereocenters. The molecule has 166 valence electrons. The molecule has 0 bridgehead atoms. The highest BCUT2D eigenvalue weighted by Gasteiger charge is 2.43. The standard InChI is InChI=1S/C24H26N4O4/c1-3-17-5-9-19(10-6-17)27-23(29)21(18-7-11-20(12-8-18)28(31)32)22(24(27)30)26-15-13-25(4-2)14-16-26/h5-12H,3-4,13-16H2,1-2H3. The van der Waals surface area contributed by atoms with Crippen molar-refractivity contribution in [2.24, 2.45) is 0 Å². The first-order valence-corrected chi connectivity index (χ1v) is 10.9. The minimum atomic E-state index is -0.480. The Hall–Kier alpha value is -3.52. The summed E-state index contributed by atoms with van der Waals surface area (Å²) < 4.78 is 0. The number of imide groups is 1. The highest BCUT2D eigenvalue weighted by molar-refractivity contribution is 6.45. The number of hydrogen-bond acceptors (Lipinski definition) is 6. The molecule has 4 rings (SSSR count). The van der Waals surface area contributed by atoms with Crippen LogP contribution in [0.3, 0.4) is 0 Å². The zero-order valence-corrected chi connectivity index (χ0v) is 18.3. The largest absolute Gasteiger partial charge is 0.364 e. The first kappa shape index (κ1) is 21.7. The van der Waals surface area contributed by atoms with Gasteiger partial charge in [-0.2, -0.15) is 0 Å². The molecule has 2 aromatic rings. The van der Waals surface area contributed by atoms with Crippen molar-refractivity contribution >= 4 is 28.8 Å². The first-order chi connectivity index (χ1) is 15.4. The van der Waals surface area contributed by atoms with E-state index in [0.717, 1.165) is 31.6 Å². The summed E-state index contributed by atoms with van der Waals surface area (Å²) in [5.74, 6) is -0.751. The van der Waals surface area contributed by atoms with Gasteiger partial charge in [-0.25, -0.2) is 4.90 Å². The molecule has 0 N–H and O–H groups in total. The predicted molar refractivity (Wildman–Crippen MR) is 122 cm³/mol. The SMILES string of the molecule is CCc1ccc(N2C(=O)C(c3ccc([N+](=O)[O-])cc3)=C(N3CCN(CC)CC3)C2=O)cc1. The molecule has 8 heteroatoms. The van der Waals surface area contributed by atoms with Gasteiger partial charge in [0.15, 0.2) is 0 Å². The number of rotatable bonds is 6. The number of non-ortho nitro benzene ring substituents is 1. The molecule has 2 heterocycles. The third-order valence-electron chi connectivity index (χ3n) is 6.16. The topological polar surface area (TPSA) is 87.0 Å². The predicted octanol–water partition coefficient (Wildman–Crippen LogP) is 3.08. The van der Waals surface area contributed by atoms with Crippen LogP contribution in [0.15, 0.2) is 54.2 Å². The van der Waals surface area contributed by atoms with Crippen molar-refractivity contribution in [2.45, 2.75) is 20.3 Å². The zero-order valence-electron chi connectivity index (χ0n) is 18.3. The molecule has 0 aromatic heterocycles. The fourth-order valence-electron chi connectivity index (χ4n) is 4.22. The van der Waals surface area contributed by atoms with E-state index in [1.165, 1.54) is 17.0 Å². The molecule has 1 saturated heterocycles. The van der Waals surface area contributed by atoms with E-state index < -0.39 is 10.8 Å². The van der Waals surface area contributed by atoms with Crippen LogP contribution in [0.5, 0.6) is 0 Å². The second-order valence-corrected chi connectivity index (χ2v) is 7.91. The van der Waals surface area contributed by atoms with Gasteiger partial charge in [0.25, 0.3) is 17.5 Å². The van der Waals surface area contributed by atoms with E-state index in [9.17, 15) is 19.7 Å². The number of nitrogens with zero attached hydrogens (tertiary/aromatic N) is 4. The number of hydrogen-bond donors (Lipinski definition) is 0. The lowest BCUT2D eigenvalue weighted by Gasteiger charge is -2.36. The van der Waals surface area contributed by atoms with E-state index in [1.807, 2.05) is 24.0 Å². The number of carbonyl (C=O) groups is 2. The van der Waals surface area contributed by atoms with E-state index in [0.29, 0.717) is 35.6 Å². The van der Waals surface area contributed by atoms with Crippen LogP contribution in [-0.4, -0.2) is 59.3 Å². The molecular formula is C24H26N4O4. The Balaban J connectivity index is 1.75. The number of nitro benzene ring substituents is 1. The molecule has 2 aliphatic rings. The summed E-state index contributed by atoms with van der Waals surface area (Å²) >= 11 is 0. The van der Waals surface area contributed by atoms with Crippen molar-refractivity contribution in [1.29, 1.82) is 0 Å². The Labute approximate surface area is 186 Å². The van der Waals surface area contributed by atoms with E-state index in [-0.39, 0.29) is 11.6 Å².